The summed E-state index contributed by atoms with van der Waals surface area (Å²) in [5, 5.41) is 0. The highest BCUT2D eigenvalue weighted by atomic mass is 19.1. The van der Waals surface area contributed by atoms with E-state index in [0.29, 0.717) is 23.5 Å². The van der Waals surface area contributed by atoms with Gasteiger partial charge in [-0.1, -0.05) is 0 Å². The van der Waals surface area contributed by atoms with Crippen LogP contribution in [0.3, 0.4) is 0 Å². The monoisotopic (exact) mass is 213 g/mol. The van der Waals surface area contributed by atoms with Gasteiger partial charge in [-0.15, -0.1) is 0 Å². The zero-order valence-corrected chi connectivity index (χ0v) is 9.21. The molecule has 1 aromatic rings. The van der Waals surface area contributed by atoms with Crippen molar-refractivity contribution in [3.8, 4) is 11.5 Å². The lowest BCUT2D eigenvalue weighted by Crippen LogP contribution is -2.19. The summed E-state index contributed by atoms with van der Waals surface area (Å²) in [6, 6.07) is 2.78. The lowest BCUT2D eigenvalue weighted by Gasteiger charge is -2.14. The summed E-state index contributed by atoms with van der Waals surface area (Å²) in [4.78, 5) is 0. The summed E-state index contributed by atoms with van der Waals surface area (Å²) in [5.41, 5.74) is 6.11. The van der Waals surface area contributed by atoms with E-state index in [4.69, 9.17) is 15.2 Å². The molecule has 0 saturated heterocycles. The largest absolute Gasteiger partial charge is 0.493 e. The van der Waals surface area contributed by atoms with Crippen LogP contribution in [0, 0.1) is 5.82 Å². The molecule has 0 radical (unpaired) electrons. The molecule has 0 spiro atoms. The second-order valence-corrected chi connectivity index (χ2v) is 3.44. The minimum absolute atomic E-state index is 0.125. The van der Waals surface area contributed by atoms with Crippen LogP contribution in [0.2, 0.25) is 0 Å². The van der Waals surface area contributed by atoms with Crippen LogP contribution in [-0.4, -0.2) is 20.3 Å². The van der Waals surface area contributed by atoms with Crippen molar-refractivity contribution in [2.24, 2.45) is 5.73 Å². The minimum atomic E-state index is -0.315. The number of methoxy groups -OCH3 is 2. The van der Waals surface area contributed by atoms with Crippen LogP contribution in [0.5, 0.6) is 11.5 Å². The minimum Gasteiger partial charge on any atom is -0.493 e. The average molecular weight is 213 g/mol. The molecule has 1 atom stereocenters. The Labute approximate surface area is 89.0 Å². The highest BCUT2D eigenvalue weighted by Crippen LogP contribution is 2.33. The van der Waals surface area contributed by atoms with Crippen molar-refractivity contribution in [1.82, 2.24) is 0 Å². The molecule has 2 N–H and O–H groups in total. The normalized spacial score (nSPS) is 12.3. The number of nitrogens with two attached hydrogens (primary N) is 1. The van der Waals surface area contributed by atoms with E-state index in [9.17, 15) is 4.39 Å². The number of hydrogen-bond donors (Lipinski definition) is 1. The molecule has 0 aromatic heterocycles. The van der Waals surface area contributed by atoms with Gasteiger partial charge >= 0.3 is 0 Å². The summed E-state index contributed by atoms with van der Waals surface area (Å²) < 4.78 is 23.7. The standard InChI is InChI=1S/C11H16FNO2/c1-7(13)6-8-9(12)4-5-10(14-2)11(8)15-3/h4-5,7H,6,13H2,1-3H3/t7-/m0/s1. The molecule has 0 aliphatic rings. The third-order valence-corrected chi connectivity index (χ3v) is 2.12. The molecule has 3 nitrogen and oxygen atoms in total. The van der Waals surface area contributed by atoms with E-state index in [1.165, 1.54) is 20.3 Å². The van der Waals surface area contributed by atoms with Gasteiger partial charge in [-0.05, 0) is 25.5 Å². The molecule has 0 aliphatic heterocycles. The fourth-order valence-electron chi connectivity index (χ4n) is 1.48. The van der Waals surface area contributed by atoms with Crippen molar-refractivity contribution < 1.29 is 13.9 Å². The third kappa shape index (κ3) is 2.59. The lowest BCUT2D eigenvalue weighted by atomic mass is 10.1. The second-order valence-electron chi connectivity index (χ2n) is 3.44. The Hall–Kier alpha value is -1.29. The topological polar surface area (TPSA) is 44.5 Å². The van der Waals surface area contributed by atoms with Crippen molar-refractivity contribution in [3.05, 3.63) is 23.5 Å². The first-order chi connectivity index (χ1) is 7.10. The fraction of sp³-hybridized carbons (Fsp3) is 0.455. The van der Waals surface area contributed by atoms with Gasteiger partial charge in [-0.25, -0.2) is 4.39 Å². The van der Waals surface area contributed by atoms with E-state index in [0.717, 1.165) is 0 Å². The van der Waals surface area contributed by atoms with Gasteiger partial charge in [0.1, 0.15) is 5.82 Å². The second kappa shape index (κ2) is 4.98. The molecule has 0 amide bonds. The fourth-order valence-corrected chi connectivity index (χ4v) is 1.48. The van der Waals surface area contributed by atoms with Crippen LogP contribution in [0.25, 0.3) is 0 Å². The van der Waals surface area contributed by atoms with Crippen LogP contribution in [0.4, 0.5) is 4.39 Å². The molecule has 0 heterocycles. The van der Waals surface area contributed by atoms with Crippen molar-refractivity contribution in [2.45, 2.75) is 19.4 Å². The van der Waals surface area contributed by atoms with Gasteiger partial charge in [0.05, 0.1) is 14.2 Å². The Bertz CT molecular complexity index is 340. The number of benzene rings is 1. The molecule has 0 saturated carbocycles. The summed E-state index contributed by atoms with van der Waals surface area (Å²) in [5.74, 6) is 0.634. The maximum absolute atomic E-state index is 13.5. The van der Waals surface area contributed by atoms with Crippen LogP contribution in [0.1, 0.15) is 12.5 Å². The molecule has 1 rings (SSSR count). The summed E-state index contributed by atoms with van der Waals surface area (Å²) >= 11 is 0. The first-order valence-corrected chi connectivity index (χ1v) is 4.75. The summed E-state index contributed by atoms with van der Waals surface area (Å²) in [6.45, 7) is 1.82. The summed E-state index contributed by atoms with van der Waals surface area (Å²) in [6.07, 6.45) is 0.423. The van der Waals surface area contributed by atoms with Crippen molar-refractivity contribution in [1.29, 1.82) is 0 Å². The van der Waals surface area contributed by atoms with Crippen molar-refractivity contribution in [2.75, 3.05) is 14.2 Å². The highest BCUT2D eigenvalue weighted by Gasteiger charge is 2.15. The molecule has 15 heavy (non-hydrogen) atoms. The maximum atomic E-state index is 13.5. The first kappa shape index (κ1) is 11.8. The number of halogens is 1. The summed E-state index contributed by atoms with van der Waals surface area (Å²) in [7, 11) is 3.01. The Morgan fingerprint density at radius 1 is 1.33 bits per heavy atom. The molecular formula is C11H16FNO2. The van der Waals surface area contributed by atoms with Gasteiger partial charge in [0.2, 0.25) is 0 Å². The quantitative estimate of drug-likeness (QED) is 0.828. The smallest absolute Gasteiger partial charge is 0.166 e. The lowest BCUT2D eigenvalue weighted by molar-refractivity contribution is 0.347. The molecular weight excluding hydrogens is 197 g/mol. The van der Waals surface area contributed by atoms with Crippen LogP contribution >= 0.6 is 0 Å². The predicted molar refractivity (Wildman–Crippen MR) is 56.9 cm³/mol. The van der Waals surface area contributed by atoms with Gasteiger partial charge in [0.25, 0.3) is 0 Å². The van der Waals surface area contributed by atoms with E-state index in [2.05, 4.69) is 0 Å². The van der Waals surface area contributed by atoms with E-state index < -0.39 is 0 Å². The van der Waals surface area contributed by atoms with Gasteiger partial charge in [-0.3, -0.25) is 0 Å². The zero-order valence-electron chi connectivity index (χ0n) is 9.21. The molecule has 0 aliphatic carbocycles. The van der Waals surface area contributed by atoms with Gasteiger partial charge in [-0.2, -0.15) is 0 Å². The molecule has 84 valence electrons. The molecule has 4 heteroatoms. The molecule has 1 aromatic carbocycles. The van der Waals surface area contributed by atoms with E-state index >= 15 is 0 Å². The van der Waals surface area contributed by atoms with E-state index in [1.54, 1.807) is 6.07 Å². The number of ether oxygens (including phenoxy) is 2. The van der Waals surface area contributed by atoms with Crippen LogP contribution < -0.4 is 15.2 Å². The van der Waals surface area contributed by atoms with Crippen molar-refractivity contribution in [3.63, 3.8) is 0 Å². The van der Waals surface area contributed by atoms with Crippen LogP contribution in [0.15, 0.2) is 12.1 Å². The Kier molecular flexibility index (Phi) is 3.91. The number of rotatable bonds is 4. The van der Waals surface area contributed by atoms with E-state index in [1.807, 2.05) is 6.92 Å². The van der Waals surface area contributed by atoms with E-state index in [-0.39, 0.29) is 11.9 Å². The third-order valence-electron chi connectivity index (χ3n) is 2.12. The zero-order chi connectivity index (χ0) is 11.4. The SMILES string of the molecule is COc1ccc(F)c(C[C@H](C)N)c1OC. The average Bonchev–Trinajstić information content (AvgIpc) is 2.20. The van der Waals surface area contributed by atoms with Crippen molar-refractivity contribution >= 4 is 0 Å². The predicted octanol–water partition coefficient (Wildman–Crippen LogP) is 1.73. The van der Waals surface area contributed by atoms with Gasteiger partial charge in [0, 0.05) is 11.6 Å². The Balaban J connectivity index is 3.19. The highest BCUT2D eigenvalue weighted by molar-refractivity contribution is 5.47. The Morgan fingerprint density at radius 3 is 2.47 bits per heavy atom. The molecule has 0 fully saturated rings. The van der Waals surface area contributed by atoms with Crippen LogP contribution in [-0.2, 0) is 6.42 Å². The molecule has 0 bridgehead atoms. The van der Waals surface area contributed by atoms with Gasteiger partial charge in [0.15, 0.2) is 11.5 Å². The molecule has 0 unspecified atom stereocenters. The first-order valence-electron chi connectivity index (χ1n) is 4.75. The maximum Gasteiger partial charge on any atom is 0.166 e. The van der Waals surface area contributed by atoms with Gasteiger partial charge < -0.3 is 15.2 Å². The number of hydrogen-bond acceptors (Lipinski definition) is 3. The Morgan fingerprint density at radius 2 is 2.00 bits per heavy atom.